The second-order valence-corrected chi connectivity index (χ2v) is 5.95. The summed E-state index contributed by atoms with van der Waals surface area (Å²) in [7, 11) is 0. The van der Waals surface area contributed by atoms with E-state index in [9.17, 15) is 9.59 Å². The van der Waals surface area contributed by atoms with Crippen LogP contribution in [-0.2, 0) is 9.59 Å². The van der Waals surface area contributed by atoms with Crippen molar-refractivity contribution in [1.82, 2.24) is 9.80 Å². The quantitative estimate of drug-likeness (QED) is 0.719. The Labute approximate surface area is 120 Å². The summed E-state index contributed by atoms with van der Waals surface area (Å²) >= 11 is 0. The van der Waals surface area contributed by atoms with E-state index in [4.69, 9.17) is 11.5 Å². The highest BCUT2D eigenvalue weighted by Gasteiger charge is 2.35. The number of nitrogens with two attached hydrogens (primary N) is 2. The van der Waals surface area contributed by atoms with Crippen LogP contribution >= 0.6 is 0 Å². The number of amides is 2. The summed E-state index contributed by atoms with van der Waals surface area (Å²) in [6.07, 6.45) is 4.07. The van der Waals surface area contributed by atoms with Crippen molar-refractivity contribution < 1.29 is 9.59 Å². The Morgan fingerprint density at radius 1 is 1.05 bits per heavy atom. The summed E-state index contributed by atoms with van der Waals surface area (Å²) in [6, 6.07) is 0. The normalized spacial score (nSPS) is 28.4. The van der Waals surface area contributed by atoms with E-state index in [2.05, 4.69) is 0 Å². The fourth-order valence-corrected chi connectivity index (χ4v) is 3.45. The molecule has 20 heavy (non-hydrogen) atoms. The number of primary amides is 1. The average molecular weight is 282 g/mol. The van der Waals surface area contributed by atoms with Gasteiger partial charge in [-0.15, -0.1) is 0 Å². The molecule has 1 heterocycles. The van der Waals surface area contributed by atoms with Gasteiger partial charge in [0.25, 0.3) is 0 Å². The summed E-state index contributed by atoms with van der Waals surface area (Å²) in [4.78, 5) is 27.6. The van der Waals surface area contributed by atoms with Gasteiger partial charge in [-0.3, -0.25) is 14.5 Å². The molecular weight excluding hydrogens is 256 g/mol. The fraction of sp³-hybridized carbons (Fsp3) is 0.857. The van der Waals surface area contributed by atoms with Crippen LogP contribution in [0.25, 0.3) is 0 Å². The van der Waals surface area contributed by atoms with Crippen LogP contribution in [0.1, 0.15) is 25.7 Å². The molecule has 0 aromatic heterocycles. The SMILES string of the molecule is NCC1CCCC1C(=O)N1CCCN(CC(N)=O)CC1. The Morgan fingerprint density at radius 2 is 1.85 bits per heavy atom. The first-order chi connectivity index (χ1) is 9.61. The maximum atomic E-state index is 12.6. The van der Waals surface area contributed by atoms with Gasteiger partial charge in [0.15, 0.2) is 0 Å². The molecule has 6 nitrogen and oxygen atoms in total. The van der Waals surface area contributed by atoms with Gasteiger partial charge in [0.05, 0.1) is 6.54 Å². The zero-order valence-corrected chi connectivity index (χ0v) is 12.1. The molecule has 114 valence electrons. The highest BCUT2D eigenvalue weighted by Crippen LogP contribution is 2.32. The van der Waals surface area contributed by atoms with E-state index in [-0.39, 0.29) is 24.3 Å². The molecule has 2 atom stereocenters. The van der Waals surface area contributed by atoms with Gasteiger partial charge in [-0.05, 0) is 31.7 Å². The molecule has 0 bridgehead atoms. The molecule has 0 aromatic rings. The molecule has 0 spiro atoms. The van der Waals surface area contributed by atoms with Gasteiger partial charge in [-0.1, -0.05) is 6.42 Å². The molecule has 2 unspecified atom stereocenters. The van der Waals surface area contributed by atoms with E-state index in [1.165, 1.54) is 0 Å². The predicted octanol–water partition coefficient (Wildman–Crippen LogP) is -0.619. The van der Waals surface area contributed by atoms with E-state index in [0.717, 1.165) is 45.3 Å². The third-order valence-corrected chi connectivity index (χ3v) is 4.56. The van der Waals surface area contributed by atoms with Gasteiger partial charge in [-0.25, -0.2) is 0 Å². The van der Waals surface area contributed by atoms with Crippen LogP contribution < -0.4 is 11.5 Å². The number of carbonyl (C=O) groups is 2. The second-order valence-electron chi connectivity index (χ2n) is 5.95. The van der Waals surface area contributed by atoms with Gasteiger partial charge < -0.3 is 16.4 Å². The minimum Gasteiger partial charge on any atom is -0.369 e. The molecule has 0 radical (unpaired) electrons. The number of nitrogens with zero attached hydrogens (tertiary/aromatic N) is 2. The minimum atomic E-state index is -0.302. The lowest BCUT2D eigenvalue weighted by Gasteiger charge is -2.27. The van der Waals surface area contributed by atoms with E-state index in [0.29, 0.717) is 19.0 Å². The zero-order chi connectivity index (χ0) is 14.5. The standard InChI is InChI=1S/C14H26N4O2/c15-9-11-3-1-4-12(11)14(20)18-6-2-5-17(7-8-18)10-13(16)19/h11-12H,1-10,15H2,(H2,16,19). The van der Waals surface area contributed by atoms with Crippen LogP contribution in [-0.4, -0.2) is 60.9 Å². The highest BCUT2D eigenvalue weighted by atomic mass is 16.2. The summed E-state index contributed by atoms with van der Waals surface area (Å²) in [6.45, 7) is 3.93. The van der Waals surface area contributed by atoms with Gasteiger partial charge in [0, 0.05) is 32.1 Å². The van der Waals surface area contributed by atoms with Gasteiger partial charge >= 0.3 is 0 Å². The second kappa shape index (κ2) is 7.04. The molecule has 0 aromatic carbocycles. The van der Waals surface area contributed by atoms with Crippen LogP contribution in [0.5, 0.6) is 0 Å². The topological polar surface area (TPSA) is 92.7 Å². The molecule has 1 aliphatic heterocycles. The highest BCUT2D eigenvalue weighted by molar-refractivity contribution is 5.79. The fourth-order valence-electron chi connectivity index (χ4n) is 3.45. The first-order valence-corrected chi connectivity index (χ1v) is 7.61. The Bertz CT molecular complexity index is 361. The average Bonchev–Trinajstić information content (AvgIpc) is 2.77. The van der Waals surface area contributed by atoms with Crippen molar-refractivity contribution in [2.24, 2.45) is 23.3 Å². The third kappa shape index (κ3) is 3.70. The largest absolute Gasteiger partial charge is 0.369 e. The summed E-state index contributed by atoms with van der Waals surface area (Å²) in [5.74, 6) is 0.429. The van der Waals surface area contributed by atoms with Crippen LogP contribution in [0, 0.1) is 11.8 Å². The van der Waals surface area contributed by atoms with Gasteiger partial charge in [0.1, 0.15) is 0 Å². The molecule has 1 saturated heterocycles. The van der Waals surface area contributed by atoms with Crippen LogP contribution in [0.3, 0.4) is 0 Å². The molecule has 2 aliphatic rings. The Balaban J connectivity index is 1.89. The number of rotatable bonds is 4. The molecule has 1 saturated carbocycles. The van der Waals surface area contributed by atoms with Crippen molar-refractivity contribution in [2.45, 2.75) is 25.7 Å². The van der Waals surface area contributed by atoms with Crippen molar-refractivity contribution in [3.05, 3.63) is 0 Å². The maximum absolute atomic E-state index is 12.6. The lowest BCUT2D eigenvalue weighted by Crippen LogP contribution is -2.42. The van der Waals surface area contributed by atoms with Crippen molar-refractivity contribution in [3.63, 3.8) is 0 Å². The first-order valence-electron chi connectivity index (χ1n) is 7.61. The molecule has 1 aliphatic carbocycles. The zero-order valence-electron chi connectivity index (χ0n) is 12.1. The minimum absolute atomic E-state index is 0.114. The molecule has 2 amide bonds. The van der Waals surface area contributed by atoms with Crippen molar-refractivity contribution in [3.8, 4) is 0 Å². The first kappa shape index (κ1) is 15.3. The number of hydrogen-bond donors (Lipinski definition) is 2. The van der Waals surface area contributed by atoms with Crippen LogP contribution in [0.2, 0.25) is 0 Å². The van der Waals surface area contributed by atoms with Gasteiger partial charge in [0.2, 0.25) is 11.8 Å². The lowest BCUT2D eigenvalue weighted by atomic mass is 9.94. The molecule has 2 fully saturated rings. The summed E-state index contributed by atoms with van der Waals surface area (Å²) in [5, 5.41) is 0. The van der Waals surface area contributed by atoms with Crippen molar-refractivity contribution in [1.29, 1.82) is 0 Å². The molecule has 2 rings (SSSR count). The predicted molar refractivity (Wildman–Crippen MR) is 76.7 cm³/mol. The summed E-state index contributed by atoms with van der Waals surface area (Å²) in [5.41, 5.74) is 11.0. The number of hydrogen-bond acceptors (Lipinski definition) is 4. The lowest BCUT2D eigenvalue weighted by molar-refractivity contribution is -0.136. The van der Waals surface area contributed by atoms with Crippen LogP contribution in [0.4, 0.5) is 0 Å². The molecular formula is C14H26N4O2. The third-order valence-electron chi connectivity index (χ3n) is 4.56. The smallest absolute Gasteiger partial charge is 0.231 e. The molecule has 6 heteroatoms. The van der Waals surface area contributed by atoms with Crippen LogP contribution in [0.15, 0.2) is 0 Å². The number of carbonyl (C=O) groups excluding carboxylic acids is 2. The van der Waals surface area contributed by atoms with Crippen molar-refractivity contribution in [2.75, 3.05) is 39.3 Å². The van der Waals surface area contributed by atoms with Crippen molar-refractivity contribution >= 4 is 11.8 Å². The Hall–Kier alpha value is -1.14. The molecule has 4 N–H and O–H groups in total. The monoisotopic (exact) mass is 282 g/mol. The van der Waals surface area contributed by atoms with E-state index < -0.39 is 0 Å². The summed E-state index contributed by atoms with van der Waals surface area (Å²) < 4.78 is 0. The van der Waals surface area contributed by atoms with Gasteiger partial charge in [-0.2, -0.15) is 0 Å². The van der Waals surface area contributed by atoms with E-state index in [1.54, 1.807) is 0 Å². The van der Waals surface area contributed by atoms with E-state index >= 15 is 0 Å². The van der Waals surface area contributed by atoms with E-state index in [1.807, 2.05) is 9.80 Å². The maximum Gasteiger partial charge on any atom is 0.231 e. The Morgan fingerprint density at radius 3 is 2.55 bits per heavy atom. The Kier molecular flexibility index (Phi) is 5.37.